The van der Waals surface area contributed by atoms with E-state index in [1.165, 1.54) is 12.8 Å². The molecule has 1 aliphatic rings. The van der Waals surface area contributed by atoms with Crippen LogP contribution < -0.4 is 5.32 Å². The monoisotopic (exact) mass is 469 g/mol. The van der Waals surface area contributed by atoms with Crippen LogP contribution in [0.3, 0.4) is 0 Å². The van der Waals surface area contributed by atoms with E-state index < -0.39 is 11.2 Å². The third-order valence-corrected chi connectivity index (χ3v) is 5.27. The van der Waals surface area contributed by atoms with Crippen molar-refractivity contribution in [2.24, 2.45) is 0 Å². The fourth-order valence-electron chi connectivity index (χ4n) is 3.59. The molecule has 0 radical (unpaired) electrons. The first-order valence-corrected chi connectivity index (χ1v) is 12.6. The van der Waals surface area contributed by atoms with E-state index >= 15 is 0 Å². The van der Waals surface area contributed by atoms with E-state index in [0.717, 1.165) is 38.5 Å². The van der Waals surface area contributed by atoms with Gasteiger partial charge in [-0.1, -0.05) is 38.5 Å². The second kappa shape index (κ2) is 14.3. The average Bonchev–Trinajstić information content (AvgIpc) is 2.69. The number of nitrogens with zero attached hydrogens (tertiary/aromatic N) is 2. The molecule has 1 aliphatic heterocycles. The zero-order valence-electron chi connectivity index (χ0n) is 21.8. The molecule has 33 heavy (non-hydrogen) atoms. The molecule has 0 saturated carbocycles. The summed E-state index contributed by atoms with van der Waals surface area (Å²) in [5, 5.41) is 2.79. The van der Waals surface area contributed by atoms with E-state index in [0.29, 0.717) is 39.1 Å². The van der Waals surface area contributed by atoms with Crippen LogP contribution in [0.5, 0.6) is 0 Å². The van der Waals surface area contributed by atoms with Gasteiger partial charge < -0.3 is 24.6 Å². The molecule has 0 aromatic heterocycles. The summed E-state index contributed by atoms with van der Waals surface area (Å²) in [4.78, 5) is 39.6. The number of carbonyl (C=O) groups excluding carboxylic acids is 3. The Labute approximate surface area is 200 Å². The van der Waals surface area contributed by atoms with Crippen LogP contribution in [0.25, 0.3) is 0 Å². The van der Waals surface area contributed by atoms with E-state index in [1.54, 1.807) is 4.90 Å². The van der Waals surface area contributed by atoms with Crippen molar-refractivity contribution in [1.82, 2.24) is 15.1 Å². The smallest absolute Gasteiger partial charge is 0.410 e. The Hall–Kier alpha value is -1.99. The van der Waals surface area contributed by atoms with Gasteiger partial charge in [0.1, 0.15) is 11.2 Å². The minimum absolute atomic E-state index is 0.191. The van der Waals surface area contributed by atoms with Crippen LogP contribution in [0.1, 0.15) is 99.3 Å². The normalized spacial score (nSPS) is 14.7. The molecule has 8 heteroatoms. The molecule has 0 aromatic rings. The molecule has 3 amide bonds. The Morgan fingerprint density at radius 2 is 1.12 bits per heavy atom. The highest BCUT2D eigenvalue weighted by molar-refractivity contribution is 5.76. The van der Waals surface area contributed by atoms with Crippen molar-refractivity contribution in [3.63, 3.8) is 0 Å². The number of carbonyl (C=O) groups is 3. The first kappa shape index (κ1) is 29.0. The molecule has 192 valence electrons. The minimum Gasteiger partial charge on any atom is -0.444 e. The van der Waals surface area contributed by atoms with E-state index in [9.17, 15) is 14.4 Å². The Kier molecular flexibility index (Phi) is 12.6. The van der Waals surface area contributed by atoms with Crippen LogP contribution in [-0.2, 0) is 14.3 Å². The second-order valence-corrected chi connectivity index (χ2v) is 10.9. The van der Waals surface area contributed by atoms with Gasteiger partial charge in [-0.3, -0.25) is 4.79 Å². The number of rotatable bonds is 11. The fraction of sp³-hybridized carbons (Fsp3) is 0.880. The van der Waals surface area contributed by atoms with Crippen molar-refractivity contribution < 1.29 is 23.9 Å². The molecule has 8 nitrogen and oxygen atoms in total. The van der Waals surface area contributed by atoms with Crippen LogP contribution >= 0.6 is 0 Å². The Balaban J connectivity index is 1.97. The molecule has 0 bridgehead atoms. The van der Waals surface area contributed by atoms with Gasteiger partial charge in [0, 0.05) is 39.1 Å². The average molecular weight is 470 g/mol. The summed E-state index contributed by atoms with van der Waals surface area (Å²) in [5.41, 5.74) is -0.950. The van der Waals surface area contributed by atoms with E-state index in [2.05, 4.69) is 5.32 Å². The number of hydrogen-bond donors (Lipinski definition) is 1. The van der Waals surface area contributed by atoms with Crippen LogP contribution in [0.15, 0.2) is 0 Å². The molecule has 1 fully saturated rings. The summed E-state index contributed by atoms with van der Waals surface area (Å²) in [5.74, 6) is 0.191. The number of ether oxygens (including phenoxy) is 2. The molecular weight excluding hydrogens is 422 g/mol. The molecule has 0 atom stereocenters. The molecular formula is C25H47N3O5. The Morgan fingerprint density at radius 3 is 1.64 bits per heavy atom. The van der Waals surface area contributed by atoms with Crippen LogP contribution in [0, 0.1) is 0 Å². The lowest BCUT2D eigenvalue weighted by molar-refractivity contribution is -0.133. The zero-order chi connectivity index (χ0) is 24.9. The van der Waals surface area contributed by atoms with Crippen molar-refractivity contribution in [2.45, 2.75) is 111 Å². The molecule has 1 saturated heterocycles. The van der Waals surface area contributed by atoms with Gasteiger partial charge in [-0.15, -0.1) is 0 Å². The SMILES string of the molecule is CC(C)(C)OC(=O)NCCCCCCCCCCC(=O)N1CCN(C(=O)OC(C)(C)C)CC1. The van der Waals surface area contributed by atoms with Gasteiger partial charge in [-0.25, -0.2) is 9.59 Å². The number of piperazine rings is 1. The third kappa shape index (κ3) is 14.7. The first-order chi connectivity index (χ1) is 15.4. The van der Waals surface area contributed by atoms with Gasteiger partial charge in [0.15, 0.2) is 0 Å². The van der Waals surface area contributed by atoms with E-state index in [4.69, 9.17) is 9.47 Å². The lowest BCUT2D eigenvalue weighted by Gasteiger charge is -2.35. The summed E-state index contributed by atoms with van der Waals surface area (Å²) in [6, 6.07) is 0. The van der Waals surface area contributed by atoms with Crippen molar-refractivity contribution in [3.8, 4) is 0 Å². The number of amides is 3. The van der Waals surface area contributed by atoms with Crippen LogP contribution in [0.2, 0.25) is 0 Å². The van der Waals surface area contributed by atoms with E-state index in [1.807, 2.05) is 46.4 Å². The predicted molar refractivity (Wildman–Crippen MR) is 130 cm³/mol. The van der Waals surface area contributed by atoms with Crippen LogP contribution in [-0.4, -0.2) is 71.8 Å². The number of hydrogen-bond acceptors (Lipinski definition) is 5. The van der Waals surface area contributed by atoms with Gasteiger partial charge in [0.05, 0.1) is 0 Å². The van der Waals surface area contributed by atoms with Gasteiger partial charge in [-0.05, 0) is 54.4 Å². The highest BCUT2D eigenvalue weighted by Gasteiger charge is 2.27. The summed E-state index contributed by atoms with van der Waals surface area (Å²) in [6.07, 6.45) is 8.69. The predicted octanol–water partition coefficient (Wildman–Crippen LogP) is 5.10. The standard InChI is InChI=1S/C25H47N3O5/c1-24(2,3)32-22(30)26-16-14-12-10-8-7-9-11-13-15-21(29)27-17-19-28(20-18-27)23(31)33-25(4,5)6/h7-20H2,1-6H3,(H,26,30). The highest BCUT2D eigenvalue weighted by atomic mass is 16.6. The quantitative estimate of drug-likeness (QED) is 0.425. The maximum absolute atomic E-state index is 12.4. The number of nitrogens with one attached hydrogen (secondary N) is 1. The molecule has 0 unspecified atom stereocenters. The maximum atomic E-state index is 12.4. The lowest BCUT2D eigenvalue weighted by Crippen LogP contribution is -2.51. The molecule has 1 heterocycles. The van der Waals surface area contributed by atoms with Crippen molar-refractivity contribution in [2.75, 3.05) is 32.7 Å². The first-order valence-electron chi connectivity index (χ1n) is 12.6. The lowest BCUT2D eigenvalue weighted by atomic mass is 10.1. The summed E-state index contributed by atoms with van der Waals surface area (Å²) < 4.78 is 10.6. The summed E-state index contributed by atoms with van der Waals surface area (Å²) in [7, 11) is 0. The van der Waals surface area contributed by atoms with Crippen molar-refractivity contribution >= 4 is 18.1 Å². The Morgan fingerprint density at radius 1 is 0.667 bits per heavy atom. The topological polar surface area (TPSA) is 88.2 Å². The molecule has 0 aromatic carbocycles. The van der Waals surface area contributed by atoms with Gasteiger partial charge in [0.2, 0.25) is 5.91 Å². The molecule has 1 rings (SSSR count). The number of alkyl carbamates (subject to hydrolysis) is 1. The Bertz CT molecular complexity index is 602. The second-order valence-electron chi connectivity index (χ2n) is 10.9. The molecule has 1 N–H and O–H groups in total. The minimum atomic E-state index is -0.497. The highest BCUT2D eigenvalue weighted by Crippen LogP contribution is 2.14. The van der Waals surface area contributed by atoms with Crippen molar-refractivity contribution in [3.05, 3.63) is 0 Å². The van der Waals surface area contributed by atoms with Gasteiger partial charge >= 0.3 is 12.2 Å². The zero-order valence-corrected chi connectivity index (χ0v) is 21.8. The third-order valence-electron chi connectivity index (χ3n) is 5.27. The van der Waals surface area contributed by atoms with Crippen molar-refractivity contribution in [1.29, 1.82) is 0 Å². The fourth-order valence-corrected chi connectivity index (χ4v) is 3.59. The maximum Gasteiger partial charge on any atom is 0.410 e. The number of unbranched alkanes of at least 4 members (excludes halogenated alkanes) is 7. The van der Waals surface area contributed by atoms with Crippen LogP contribution in [0.4, 0.5) is 9.59 Å². The summed E-state index contributed by atoms with van der Waals surface area (Å²) in [6.45, 7) is 14.0. The largest absolute Gasteiger partial charge is 0.444 e. The molecule has 0 spiro atoms. The summed E-state index contributed by atoms with van der Waals surface area (Å²) >= 11 is 0. The van der Waals surface area contributed by atoms with Gasteiger partial charge in [-0.2, -0.15) is 0 Å². The van der Waals surface area contributed by atoms with E-state index in [-0.39, 0.29) is 18.1 Å². The van der Waals surface area contributed by atoms with Gasteiger partial charge in [0.25, 0.3) is 0 Å². The molecule has 0 aliphatic carbocycles.